The third-order valence-electron chi connectivity index (χ3n) is 5.61. The lowest BCUT2D eigenvalue weighted by Gasteiger charge is -2.30. The molecule has 2 saturated carbocycles. The number of rotatable bonds is 5. The highest BCUT2D eigenvalue weighted by Crippen LogP contribution is 2.52. The SMILES string of the molecule is COc1ccc(-c2csc(NC(=O)[C@@H]3[C@H]4CC[C@@H](C4)[C@@H]3C(=O)[O-])n2)cc1. The van der Waals surface area contributed by atoms with Crippen molar-refractivity contribution in [3.05, 3.63) is 29.6 Å². The van der Waals surface area contributed by atoms with Gasteiger partial charge in [0.05, 0.1) is 12.8 Å². The van der Waals surface area contributed by atoms with Crippen LogP contribution >= 0.6 is 11.3 Å². The summed E-state index contributed by atoms with van der Waals surface area (Å²) in [7, 11) is 1.61. The van der Waals surface area contributed by atoms with E-state index < -0.39 is 17.8 Å². The van der Waals surface area contributed by atoms with E-state index >= 15 is 0 Å². The quantitative estimate of drug-likeness (QED) is 0.870. The highest BCUT2D eigenvalue weighted by molar-refractivity contribution is 7.14. The van der Waals surface area contributed by atoms with Gasteiger partial charge in [0.15, 0.2) is 5.13 Å². The van der Waals surface area contributed by atoms with E-state index in [1.165, 1.54) is 11.3 Å². The van der Waals surface area contributed by atoms with E-state index in [1.807, 2.05) is 29.6 Å². The van der Waals surface area contributed by atoms with Crippen LogP contribution in [0.2, 0.25) is 0 Å². The predicted octanol–water partition coefficient (Wildman–Crippen LogP) is 2.17. The summed E-state index contributed by atoms with van der Waals surface area (Å²) in [5, 5.41) is 16.7. The van der Waals surface area contributed by atoms with Crippen molar-refractivity contribution in [3.8, 4) is 17.0 Å². The molecule has 1 aromatic carbocycles. The van der Waals surface area contributed by atoms with Crippen molar-refractivity contribution in [3.63, 3.8) is 0 Å². The summed E-state index contributed by atoms with van der Waals surface area (Å²) >= 11 is 1.33. The Morgan fingerprint density at radius 2 is 1.88 bits per heavy atom. The van der Waals surface area contributed by atoms with Gasteiger partial charge in [0, 0.05) is 28.7 Å². The number of carbonyl (C=O) groups excluding carboxylic acids is 2. The molecule has 2 aliphatic rings. The Labute approximate surface area is 155 Å². The number of hydrogen-bond donors (Lipinski definition) is 1. The van der Waals surface area contributed by atoms with Crippen LogP contribution in [0.5, 0.6) is 5.75 Å². The van der Waals surface area contributed by atoms with E-state index in [0.29, 0.717) is 5.13 Å². The number of benzene rings is 1. The molecule has 2 fully saturated rings. The molecule has 4 atom stereocenters. The Kier molecular flexibility index (Phi) is 4.40. The Bertz CT molecular complexity index is 832. The minimum atomic E-state index is -1.10. The first kappa shape index (κ1) is 17.0. The predicted molar refractivity (Wildman–Crippen MR) is 95.5 cm³/mol. The molecule has 1 aromatic heterocycles. The van der Waals surface area contributed by atoms with E-state index in [9.17, 15) is 14.7 Å². The van der Waals surface area contributed by atoms with Gasteiger partial charge in [-0.3, -0.25) is 4.79 Å². The molecule has 2 aromatic rings. The van der Waals surface area contributed by atoms with Gasteiger partial charge < -0.3 is 20.0 Å². The summed E-state index contributed by atoms with van der Waals surface area (Å²) in [5.41, 5.74) is 1.69. The van der Waals surface area contributed by atoms with E-state index in [4.69, 9.17) is 4.74 Å². The number of nitrogens with one attached hydrogen (secondary N) is 1. The molecule has 0 aliphatic heterocycles. The molecule has 2 aliphatic carbocycles. The molecule has 0 saturated heterocycles. The summed E-state index contributed by atoms with van der Waals surface area (Å²) in [6.45, 7) is 0. The van der Waals surface area contributed by atoms with Crippen LogP contribution in [-0.2, 0) is 9.59 Å². The topological polar surface area (TPSA) is 91.3 Å². The molecule has 0 radical (unpaired) electrons. The fourth-order valence-electron chi connectivity index (χ4n) is 4.42. The minimum Gasteiger partial charge on any atom is -0.550 e. The number of methoxy groups -OCH3 is 1. The fraction of sp³-hybridized carbons (Fsp3) is 0.421. The third kappa shape index (κ3) is 2.96. The summed E-state index contributed by atoms with van der Waals surface area (Å²) in [6.07, 6.45) is 2.61. The second kappa shape index (κ2) is 6.72. The molecule has 26 heavy (non-hydrogen) atoms. The average molecular weight is 371 g/mol. The zero-order valence-corrected chi connectivity index (χ0v) is 15.1. The van der Waals surface area contributed by atoms with Gasteiger partial charge >= 0.3 is 0 Å². The number of thiazole rings is 1. The van der Waals surface area contributed by atoms with Crippen molar-refractivity contribution < 1.29 is 19.4 Å². The number of carboxylic acids is 1. The van der Waals surface area contributed by atoms with Crippen LogP contribution in [0.1, 0.15) is 19.3 Å². The first-order chi connectivity index (χ1) is 12.6. The van der Waals surface area contributed by atoms with Gasteiger partial charge in [0.2, 0.25) is 5.91 Å². The van der Waals surface area contributed by atoms with Crippen LogP contribution < -0.4 is 15.2 Å². The molecule has 2 bridgehead atoms. The number of carbonyl (C=O) groups is 2. The van der Waals surface area contributed by atoms with Crippen LogP contribution in [0, 0.1) is 23.7 Å². The molecule has 6 nitrogen and oxygen atoms in total. The summed E-state index contributed by atoms with van der Waals surface area (Å²) < 4.78 is 5.15. The molecule has 0 spiro atoms. The molecule has 1 heterocycles. The molecule has 0 unspecified atom stereocenters. The standard InChI is InChI=1S/C19H20N2O4S/c1-25-13-6-4-10(5-7-13)14-9-26-19(20-14)21-17(22)15-11-2-3-12(8-11)16(15)18(23)24/h4-7,9,11-12,15-16H,2-3,8H2,1H3,(H,23,24)(H,20,21,22)/p-1/t11-,12-,15+,16-/m0/s1. The third-order valence-corrected chi connectivity index (χ3v) is 6.37. The van der Waals surface area contributed by atoms with Gasteiger partial charge in [-0.25, -0.2) is 4.98 Å². The molecular formula is C19H19N2O4S-. The van der Waals surface area contributed by atoms with Gasteiger partial charge in [-0.15, -0.1) is 11.3 Å². The number of ether oxygens (including phenoxy) is 1. The molecule has 1 amide bonds. The van der Waals surface area contributed by atoms with Gasteiger partial charge in [-0.1, -0.05) is 0 Å². The first-order valence-electron chi connectivity index (χ1n) is 8.68. The molecule has 7 heteroatoms. The zero-order valence-electron chi connectivity index (χ0n) is 14.3. The van der Waals surface area contributed by atoms with Crippen LogP contribution in [-0.4, -0.2) is 24.0 Å². The Morgan fingerprint density at radius 3 is 2.54 bits per heavy atom. The largest absolute Gasteiger partial charge is 0.550 e. The number of aromatic nitrogens is 1. The molecule has 136 valence electrons. The lowest BCUT2D eigenvalue weighted by molar-refractivity contribution is -0.314. The lowest BCUT2D eigenvalue weighted by atomic mass is 9.79. The maximum absolute atomic E-state index is 12.7. The Hall–Kier alpha value is -2.41. The normalized spacial score (nSPS) is 26.7. The van der Waals surface area contributed by atoms with Crippen molar-refractivity contribution in [1.82, 2.24) is 4.98 Å². The van der Waals surface area contributed by atoms with E-state index in [0.717, 1.165) is 36.3 Å². The summed E-state index contributed by atoms with van der Waals surface area (Å²) in [6, 6.07) is 7.52. The van der Waals surface area contributed by atoms with Crippen molar-refractivity contribution in [2.24, 2.45) is 23.7 Å². The van der Waals surface area contributed by atoms with Crippen LogP contribution in [0.4, 0.5) is 5.13 Å². The van der Waals surface area contributed by atoms with Gasteiger partial charge in [0.1, 0.15) is 5.75 Å². The molecule has 1 N–H and O–H groups in total. The van der Waals surface area contributed by atoms with Crippen molar-refractivity contribution >= 4 is 28.3 Å². The second-order valence-electron chi connectivity index (χ2n) is 6.96. The number of aliphatic carboxylic acids is 1. The Balaban J connectivity index is 1.48. The number of fused-ring (bicyclic) bond motifs is 2. The average Bonchev–Trinajstić information content (AvgIpc) is 3.37. The maximum Gasteiger partial charge on any atom is 0.230 e. The van der Waals surface area contributed by atoms with Crippen LogP contribution in [0.15, 0.2) is 29.6 Å². The number of hydrogen-bond acceptors (Lipinski definition) is 6. The first-order valence-corrected chi connectivity index (χ1v) is 9.56. The van der Waals surface area contributed by atoms with Gasteiger partial charge in [-0.05, 0) is 55.4 Å². The smallest absolute Gasteiger partial charge is 0.230 e. The minimum absolute atomic E-state index is 0.0758. The van der Waals surface area contributed by atoms with Gasteiger partial charge in [0.25, 0.3) is 0 Å². The van der Waals surface area contributed by atoms with Crippen molar-refractivity contribution in [1.29, 1.82) is 0 Å². The van der Waals surface area contributed by atoms with Crippen LogP contribution in [0.25, 0.3) is 11.3 Å². The number of amides is 1. The highest BCUT2D eigenvalue weighted by atomic mass is 32.1. The summed E-state index contributed by atoms with van der Waals surface area (Å²) in [5.74, 6) is -1.54. The number of carboxylic acid groups (broad SMARTS) is 1. The van der Waals surface area contributed by atoms with E-state index in [2.05, 4.69) is 10.3 Å². The Morgan fingerprint density at radius 1 is 1.19 bits per heavy atom. The highest BCUT2D eigenvalue weighted by Gasteiger charge is 2.51. The lowest BCUT2D eigenvalue weighted by Crippen LogP contribution is -2.43. The number of anilines is 1. The van der Waals surface area contributed by atoms with Crippen molar-refractivity contribution in [2.45, 2.75) is 19.3 Å². The van der Waals surface area contributed by atoms with Crippen LogP contribution in [0.3, 0.4) is 0 Å². The van der Waals surface area contributed by atoms with E-state index in [1.54, 1.807) is 7.11 Å². The fourth-order valence-corrected chi connectivity index (χ4v) is 5.14. The maximum atomic E-state index is 12.7. The molecule has 4 rings (SSSR count). The molecular weight excluding hydrogens is 352 g/mol. The van der Waals surface area contributed by atoms with Gasteiger partial charge in [-0.2, -0.15) is 0 Å². The monoisotopic (exact) mass is 371 g/mol. The number of nitrogens with zero attached hydrogens (tertiary/aromatic N) is 1. The second-order valence-corrected chi connectivity index (χ2v) is 7.82. The van der Waals surface area contributed by atoms with Crippen molar-refractivity contribution in [2.75, 3.05) is 12.4 Å². The summed E-state index contributed by atoms with van der Waals surface area (Å²) in [4.78, 5) is 28.6. The van der Waals surface area contributed by atoms with E-state index in [-0.39, 0.29) is 17.7 Å². The zero-order chi connectivity index (χ0) is 18.3.